The van der Waals surface area contributed by atoms with E-state index in [-0.39, 0.29) is 11.7 Å². The maximum atomic E-state index is 11.9. The zero-order chi connectivity index (χ0) is 17.0. The van der Waals surface area contributed by atoms with Gasteiger partial charge in [-0.05, 0) is 42.0 Å². The lowest BCUT2D eigenvalue weighted by Gasteiger charge is -2.17. The van der Waals surface area contributed by atoms with Crippen LogP contribution in [0.5, 0.6) is 5.75 Å². The first kappa shape index (κ1) is 17.0. The van der Waals surface area contributed by atoms with Gasteiger partial charge in [-0.3, -0.25) is 4.18 Å². The van der Waals surface area contributed by atoms with Crippen molar-refractivity contribution in [3.05, 3.63) is 65.7 Å². The number of hydrogen-bond donors (Lipinski definition) is 0. The molecule has 1 unspecified atom stereocenters. The molecule has 1 saturated carbocycles. The molecule has 0 spiro atoms. The van der Waals surface area contributed by atoms with Gasteiger partial charge in [-0.25, -0.2) is 0 Å². The second-order valence-corrected chi connectivity index (χ2v) is 7.96. The van der Waals surface area contributed by atoms with Crippen molar-refractivity contribution in [3.63, 3.8) is 0 Å². The SMILES string of the molecule is COS(=O)(=O)CC(c1cccc(OCc2ccccc2)c1)C1CC1. The summed E-state index contributed by atoms with van der Waals surface area (Å²) in [6.45, 7) is 0.495. The molecule has 4 nitrogen and oxygen atoms in total. The minimum absolute atomic E-state index is 0.0241. The smallest absolute Gasteiger partial charge is 0.267 e. The summed E-state index contributed by atoms with van der Waals surface area (Å²) < 4.78 is 34.2. The Labute approximate surface area is 143 Å². The molecule has 5 heteroatoms. The third kappa shape index (κ3) is 4.58. The largest absolute Gasteiger partial charge is 0.489 e. The lowest BCUT2D eigenvalue weighted by molar-refractivity contribution is 0.305. The van der Waals surface area contributed by atoms with Gasteiger partial charge in [0.05, 0.1) is 12.9 Å². The van der Waals surface area contributed by atoms with Crippen LogP contribution in [0, 0.1) is 5.92 Å². The molecule has 0 aliphatic heterocycles. The summed E-state index contributed by atoms with van der Waals surface area (Å²) in [6.07, 6.45) is 2.14. The second-order valence-electron chi connectivity index (χ2n) is 6.18. The van der Waals surface area contributed by atoms with E-state index in [2.05, 4.69) is 4.18 Å². The maximum Gasteiger partial charge on any atom is 0.267 e. The van der Waals surface area contributed by atoms with E-state index in [4.69, 9.17) is 4.74 Å². The molecule has 0 heterocycles. The van der Waals surface area contributed by atoms with Crippen LogP contribution in [0.4, 0.5) is 0 Å². The first-order chi connectivity index (χ1) is 11.6. The average Bonchev–Trinajstić information content (AvgIpc) is 3.44. The van der Waals surface area contributed by atoms with Gasteiger partial charge in [0.25, 0.3) is 10.1 Å². The zero-order valence-electron chi connectivity index (χ0n) is 13.7. The summed E-state index contributed by atoms with van der Waals surface area (Å²) in [5.41, 5.74) is 2.10. The quantitative estimate of drug-likeness (QED) is 0.683. The Balaban J connectivity index is 1.73. The fourth-order valence-electron chi connectivity index (χ4n) is 2.87. The summed E-state index contributed by atoms with van der Waals surface area (Å²) in [6, 6.07) is 17.7. The highest BCUT2D eigenvalue weighted by Crippen LogP contribution is 2.44. The van der Waals surface area contributed by atoms with Gasteiger partial charge < -0.3 is 4.74 Å². The van der Waals surface area contributed by atoms with E-state index in [0.29, 0.717) is 12.5 Å². The van der Waals surface area contributed by atoms with Gasteiger partial charge in [-0.15, -0.1) is 0 Å². The van der Waals surface area contributed by atoms with Gasteiger partial charge in [-0.1, -0.05) is 42.5 Å². The standard InChI is InChI=1S/C19H22O4S/c1-22-24(20,21)14-19(16-10-11-16)17-8-5-9-18(12-17)23-13-15-6-3-2-4-7-15/h2-9,12,16,19H,10-11,13-14H2,1H3. The predicted molar refractivity (Wildman–Crippen MR) is 93.5 cm³/mol. The van der Waals surface area contributed by atoms with Gasteiger partial charge in [0.1, 0.15) is 12.4 Å². The van der Waals surface area contributed by atoms with Crippen molar-refractivity contribution in [2.24, 2.45) is 5.92 Å². The molecular weight excluding hydrogens is 324 g/mol. The molecule has 0 aromatic heterocycles. The van der Waals surface area contributed by atoms with Crippen LogP contribution in [0.25, 0.3) is 0 Å². The van der Waals surface area contributed by atoms with E-state index in [1.165, 1.54) is 7.11 Å². The van der Waals surface area contributed by atoms with Gasteiger partial charge >= 0.3 is 0 Å². The first-order valence-corrected chi connectivity index (χ1v) is 9.70. The minimum Gasteiger partial charge on any atom is -0.489 e. The molecule has 2 aromatic rings. The van der Waals surface area contributed by atoms with Crippen LogP contribution in [0.2, 0.25) is 0 Å². The van der Waals surface area contributed by atoms with E-state index in [0.717, 1.165) is 29.7 Å². The van der Waals surface area contributed by atoms with Gasteiger partial charge in [0.2, 0.25) is 0 Å². The number of hydrogen-bond acceptors (Lipinski definition) is 4. The van der Waals surface area contributed by atoms with Crippen LogP contribution in [0.15, 0.2) is 54.6 Å². The Kier molecular flexibility index (Phi) is 5.21. The number of benzene rings is 2. The topological polar surface area (TPSA) is 52.6 Å². The lowest BCUT2D eigenvalue weighted by Crippen LogP contribution is -2.17. The number of ether oxygens (including phenoxy) is 1. The monoisotopic (exact) mass is 346 g/mol. The summed E-state index contributed by atoms with van der Waals surface area (Å²) in [7, 11) is -2.26. The van der Waals surface area contributed by atoms with Crippen LogP contribution in [0.3, 0.4) is 0 Å². The van der Waals surface area contributed by atoms with E-state index in [1.54, 1.807) is 0 Å². The third-order valence-electron chi connectivity index (χ3n) is 4.36. The third-order valence-corrected chi connectivity index (χ3v) is 5.64. The highest BCUT2D eigenvalue weighted by Gasteiger charge is 2.35. The summed E-state index contributed by atoms with van der Waals surface area (Å²) in [5.74, 6) is 1.17. The van der Waals surface area contributed by atoms with Gasteiger partial charge in [-0.2, -0.15) is 8.42 Å². The van der Waals surface area contributed by atoms with Crippen molar-refractivity contribution in [3.8, 4) is 5.75 Å². The van der Waals surface area contributed by atoms with Crippen molar-refractivity contribution in [1.29, 1.82) is 0 Å². The van der Waals surface area contributed by atoms with Gasteiger partial charge in [0.15, 0.2) is 0 Å². The van der Waals surface area contributed by atoms with Crippen molar-refractivity contribution in [2.75, 3.05) is 12.9 Å². The van der Waals surface area contributed by atoms with E-state index in [1.807, 2.05) is 54.6 Å². The average molecular weight is 346 g/mol. The minimum atomic E-state index is -3.48. The van der Waals surface area contributed by atoms with Crippen molar-refractivity contribution >= 4 is 10.1 Å². The van der Waals surface area contributed by atoms with Crippen LogP contribution in [-0.2, 0) is 20.9 Å². The Morgan fingerprint density at radius 3 is 2.50 bits per heavy atom. The fourth-order valence-corrected chi connectivity index (χ4v) is 3.91. The highest BCUT2D eigenvalue weighted by atomic mass is 32.2. The molecule has 2 aromatic carbocycles. The Morgan fingerprint density at radius 2 is 1.83 bits per heavy atom. The molecule has 1 atom stereocenters. The Hall–Kier alpha value is -1.85. The highest BCUT2D eigenvalue weighted by molar-refractivity contribution is 7.86. The molecule has 1 aliphatic rings. The first-order valence-electron chi connectivity index (χ1n) is 8.12. The second kappa shape index (κ2) is 7.36. The van der Waals surface area contributed by atoms with Crippen LogP contribution >= 0.6 is 0 Å². The van der Waals surface area contributed by atoms with Crippen molar-refractivity contribution in [2.45, 2.75) is 25.4 Å². The molecule has 0 saturated heterocycles. The van der Waals surface area contributed by atoms with Crippen LogP contribution in [0.1, 0.15) is 29.9 Å². The Bertz CT molecular complexity index is 767. The van der Waals surface area contributed by atoms with Crippen LogP contribution in [-0.4, -0.2) is 21.3 Å². The molecule has 128 valence electrons. The molecule has 0 N–H and O–H groups in total. The van der Waals surface area contributed by atoms with E-state index >= 15 is 0 Å². The lowest BCUT2D eigenvalue weighted by atomic mass is 9.96. The van der Waals surface area contributed by atoms with Crippen molar-refractivity contribution in [1.82, 2.24) is 0 Å². The van der Waals surface area contributed by atoms with Crippen LogP contribution < -0.4 is 4.74 Å². The fraction of sp³-hybridized carbons (Fsp3) is 0.368. The van der Waals surface area contributed by atoms with E-state index in [9.17, 15) is 8.42 Å². The Morgan fingerprint density at radius 1 is 1.08 bits per heavy atom. The number of rotatable bonds is 8. The molecule has 0 radical (unpaired) electrons. The molecule has 3 rings (SSSR count). The van der Waals surface area contributed by atoms with E-state index < -0.39 is 10.1 Å². The normalized spacial score (nSPS) is 15.9. The zero-order valence-corrected chi connectivity index (χ0v) is 14.5. The molecule has 24 heavy (non-hydrogen) atoms. The molecule has 1 fully saturated rings. The predicted octanol–water partition coefficient (Wildman–Crippen LogP) is 3.74. The molecule has 0 amide bonds. The van der Waals surface area contributed by atoms with Gasteiger partial charge in [0, 0.05) is 5.92 Å². The molecular formula is C19H22O4S. The summed E-state index contributed by atoms with van der Waals surface area (Å²) in [4.78, 5) is 0. The summed E-state index contributed by atoms with van der Waals surface area (Å²) >= 11 is 0. The summed E-state index contributed by atoms with van der Waals surface area (Å²) in [5, 5.41) is 0. The maximum absolute atomic E-state index is 11.9. The molecule has 1 aliphatic carbocycles. The molecule has 0 bridgehead atoms. The van der Waals surface area contributed by atoms with Crippen molar-refractivity contribution < 1.29 is 17.3 Å².